The van der Waals surface area contributed by atoms with Gasteiger partial charge in [-0.05, 0) is 38.9 Å². The SMILES string of the molecule is C=CCN(CCCNCC)C1CC1. The lowest BCUT2D eigenvalue weighted by Crippen LogP contribution is -2.29. The van der Waals surface area contributed by atoms with E-state index in [0.717, 1.165) is 25.7 Å². The predicted molar refractivity (Wildman–Crippen MR) is 58.0 cm³/mol. The van der Waals surface area contributed by atoms with E-state index in [4.69, 9.17) is 0 Å². The lowest BCUT2D eigenvalue weighted by Gasteiger charge is -2.19. The van der Waals surface area contributed by atoms with E-state index in [0.29, 0.717) is 0 Å². The molecule has 0 aromatic rings. The van der Waals surface area contributed by atoms with E-state index in [2.05, 4.69) is 23.7 Å². The van der Waals surface area contributed by atoms with Crippen molar-refractivity contribution in [3.05, 3.63) is 12.7 Å². The van der Waals surface area contributed by atoms with Crippen LogP contribution in [0.2, 0.25) is 0 Å². The monoisotopic (exact) mass is 182 g/mol. The van der Waals surface area contributed by atoms with Crippen LogP contribution in [0.25, 0.3) is 0 Å². The van der Waals surface area contributed by atoms with Crippen LogP contribution in [-0.4, -0.2) is 37.1 Å². The molecular weight excluding hydrogens is 160 g/mol. The topological polar surface area (TPSA) is 15.3 Å². The van der Waals surface area contributed by atoms with Gasteiger partial charge in [0.1, 0.15) is 0 Å². The van der Waals surface area contributed by atoms with Crippen LogP contribution in [0.3, 0.4) is 0 Å². The van der Waals surface area contributed by atoms with Crippen molar-refractivity contribution >= 4 is 0 Å². The molecule has 2 nitrogen and oxygen atoms in total. The van der Waals surface area contributed by atoms with Gasteiger partial charge in [0.15, 0.2) is 0 Å². The van der Waals surface area contributed by atoms with Crippen molar-refractivity contribution in [2.24, 2.45) is 0 Å². The summed E-state index contributed by atoms with van der Waals surface area (Å²) in [6.07, 6.45) is 6.08. The van der Waals surface area contributed by atoms with Gasteiger partial charge in [-0.25, -0.2) is 0 Å². The number of hydrogen-bond acceptors (Lipinski definition) is 2. The quantitative estimate of drug-likeness (QED) is 0.453. The van der Waals surface area contributed by atoms with Gasteiger partial charge in [0.25, 0.3) is 0 Å². The first-order chi connectivity index (χ1) is 6.38. The average molecular weight is 182 g/mol. The maximum absolute atomic E-state index is 3.80. The van der Waals surface area contributed by atoms with Crippen molar-refractivity contribution in [2.45, 2.75) is 32.2 Å². The largest absolute Gasteiger partial charge is 0.317 e. The van der Waals surface area contributed by atoms with Gasteiger partial charge < -0.3 is 5.32 Å². The number of hydrogen-bond donors (Lipinski definition) is 1. The molecule has 0 aliphatic heterocycles. The van der Waals surface area contributed by atoms with E-state index in [1.54, 1.807) is 0 Å². The predicted octanol–water partition coefficient (Wildman–Crippen LogP) is 1.64. The second kappa shape index (κ2) is 6.17. The minimum Gasteiger partial charge on any atom is -0.317 e. The van der Waals surface area contributed by atoms with Crippen molar-refractivity contribution in [2.75, 3.05) is 26.2 Å². The molecule has 76 valence electrons. The lowest BCUT2D eigenvalue weighted by molar-refractivity contribution is 0.287. The fourth-order valence-corrected chi connectivity index (χ4v) is 1.61. The van der Waals surface area contributed by atoms with E-state index in [1.165, 1.54) is 25.8 Å². The Kier molecular flexibility index (Phi) is 5.09. The third-order valence-corrected chi connectivity index (χ3v) is 2.48. The van der Waals surface area contributed by atoms with Crippen molar-refractivity contribution in [1.29, 1.82) is 0 Å². The van der Waals surface area contributed by atoms with Gasteiger partial charge in [-0.1, -0.05) is 13.0 Å². The molecule has 13 heavy (non-hydrogen) atoms. The molecule has 1 fully saturated rings. The maximum atomic E-state index is 3.80. The molecule has 0 saturated heterocycles. The first-order valence-corrected chi connectivity index (χ1v) is 5.44. The molecule has 0 amide bonds. The Bertz CT molecular complexity index is 141. The van der Waals surface area contributed by atoms with Crippen LogP contribution in [0.5, 0.6) is 0 Å². The first kappa shape index (κ1) is 10.7. The molecule has 0 unspecified atom stereocenters. The molecule has 0 heterocycles. The summed E-state index contributed by atoms with van der Waals surface area (Å²) in [6, 6.07) is 0.875. The van der Waals surface area contributed by atoms with Gasteiger partial charge in [-0.2, -0.15) is 0 Å². The first-order valence-electron chi connectivity index (χ1n) is 5.44. The minimum atomic E-state index is 0.875. The maximum Gasteiger partial charge on any atom is 0.0163 e. The van der Waals surface area contributed by atoms with Crippen molar-refractivity contribution in [1.82, 2.24) is 10.2 Å². The third-order valence-electron chi connectivity index (χ3n) is 2.48. The molecule has 1 rings (SSSR count). The van der Waals surface area contributed by atoms with Gasteiger partial charge >= 0.3 is 0 Å². The van der Waals surface area contributed by atoms with Gasteiger partial charge in [-0.3, -0.25) is 4.90 Å². The van der Waals surface area contributed by atoms with Gasteiger partial charge in [-0.15, -0.1) is 6.58 Å². The Balaban J connectivity index is 2.03. The average Bonchev–Trinajstić information content (AvgIpc) is 2.93. The molecule has 0 aromatic carbocycles. The molecule has 0 bridgehead atoms. The van der Waals surface area contributed by atoms with Gasteiger partial charge in [0, 0.05) is 12.6 Å². The molecule has 0 spiro atoms. The van der Waals surface area contributed by atoms with E-state index >= 15 is 0 Å². The van der Waals surface area contributed by atoms with Crippen LogP contribution >= 0.6 is 0 Å². The molecule has 0 radical (unpaired) electrons. The summed E-state index contributed by atoms with van der Waals surface area (Å²) in [5.74, 6) is 0. The molecule has 0 atom stereocenters. The lowest BCUT2D eigenvalue weighted by atomic mass is 10.3. The van der Waals surface area contributed by atoms with Crippen LogP contribution in [0.4, 0.5) is 0 Å². The molecule has 2 heteroatoms. The summed E-state index contributed by atoms with van der Waals surface area (Å²) >= 11 is 0. The summed E-state index contributed by atoms with van der Waals surface area (Å²) in [5.41, 5.74) is 0. The zero-order valence-corrected chi connectivity index (χ0v) is 8.76. The molecule has 1 aliphatic carbocycles. The third kappa shape index (κ3) is 4.44. The van der Waals surface area contributed by atoms with Crippen LogP contribution in [0, 0.1) is 0 Å². The zero-order chi connectivity index (χ0) is 9.52. The molecule has 1 N–H and O–H groups in total. The van der Waals surface area contributed by atoms with E-state index in [9.17, 15) is 0 Å². The highest BCUT2D eigenvalue weighted by Crippen LogP contribution is 2.26. The Morgan fingerprint density at radius 3 is 2.85 bits per heavy atom. The fourth-order valence-electron chi connectivity index (χ4n) is 1.61. The second-order valence-electron chi connectivity index (χ2n) is 3.72. The Morgan fingerprint density at radius 1 is 1.54 bits per heavy atom. The summed E-state index contributed by atoms with van der Waals surface area (Å²) in [4.78, 5) is 2.55. The molecule has 0 aromatic heterocycles. The molecular formula is C11H22N2. The second-order valence-corrected chi connectivity index (χ2v) is 3.72. The van der Waals surface area contributed by atoms with Crippen LogP contribution in [0.1, 0.15) is 26.2 Å². The summed E-state index contributed by atoms with van der Waals surface area (Å²) in [5, 5.41) is 3.35. The summed E-state index contributed by atoms with van der Waals surface area (Å²) in [7, 11) is 0. The number of nitrogens with zero attached hydrogens (tertiary/aromatic N) is 1. The van der Waals surface area contributed by atoms with Crippen molar-refractivity contribution in [3.63, 3.8) is 0 Å². The Labute approximate surface area is 82.0 Å². The minimum absolute atomic E-state index is 0.875. The highest BCUT2D eigenvalue weighted by molar-refractivity contribution is 4.88. The van der Waals surface area contributed by atoms with Crippen molar-refractivity contribution in [3.8, 4) is 0 Å². The van der Waals surface area contributed by atoms with Crippen LogP contribution in [0.15, 0.2) is 12.7 Å². The van der Waals surface area contributed by atoms with E-state index < -0.39 is 0 Å². The highest BCUT2D eigenvalue weighted by Gasteiger charge is 2.27. The number of nitrogens with one attached hydrogen (secondary N) is 1. The van der Waals surface area contributed by atoms with Gasteiger partial charge in [0.2, 0.25) is 0 Å². The highest BCUT2D eigenvalue weighted by atomic mass is 15.2. The standard InChI is InChI=1S/C11H22N2/c1-3-9-13(11-6-7-11)10-5-8-12-4-2/h3,11-12H,1,4-10H2,2H3. The van der Waals surface area contributed by atoms with E-state index in [-0.39, 0.29) is 0 Å². The van der Waals surface area contributed by atoms with Crippen LogP contribution < -0.4 is 5.32 Å². The smallest absolute Gasteiger partial charge is 0.0163 e. The Hall–Kier alpha value is -0.340. The van der Waals surface area contributed by atoms with Gasteiger partial charge in [0.05, 0.1) is 0 Å². The normalized spacial score (nSPS) is 16.5. The van der Waals surface area contributed by atoms with E-state index in [1.807, 2.05) is 6.08 Å². The number of rotatable bonds is 8. The summed E-state index contributed by atoms with van der Waals surface area (Å²) in [6.45, 7) is 10.5. The Morgan fingerprint density at radius 2 is 2.31 bits per heavy atom. The van der Waals surface area contributed by atoms with Crippen molar-refractivity contribution < 1.29 is 0 Å². The molecule has 1 saturated carbocycles. The molecule has 1 aliphatic rings. The summed E-state index contributed by atoms with van der Waals surface area (Å²) < 4.78 is 0. The van der Waals surface area contributed by atoms with Crippen LogP contribution in [-0.2, 0) is 0 Å². The fraction of sp³-hybridized carbons (Fsp3) is 0.818. The zero-order valence-electron chi connectivity index (χ0n) is 8.76.